The second-order valence-corrected chi connectivity index (χ2v) is 2.61. The quantitative estimate of drug-likeness (QED) is 0.653. The molecule has 64 valence electrons. The van der Waals surface area contributed by atoms with Crippen molar-refractivity contribution in [2.75, 3.05) is 6.61 Å². The van der Waals surface area contributed by atoms with Gasteiger partial charge in [0.25, 0.3) is 0 Å². The van der Waals surface area contributed by atoms with E-state index in [4.69, 9.17) is 17.3 Å². The van der Waals surface area contributed by atoms with Gasteiger partial charge in [0.05, 0.1) is 6.61 Å². The molecule has 0 bridgehead atoms. The predicted molar refractivity (Wildman–Crippen MR) is 44.2 cm³/mol. The van der Waals surface area contributed by atoms with Gasteiger partial charge in [-0.05, 0) is 6.92 Å². The van der Waals surface area contributed by atoms with Crippen molar-refractivity contribution < 1.29 is 9.53 Å². The number of ether oxygens (including phenoxy) is 1. The van der Waals surface area contributed by atoms with Crippen LogP contribution in [0.15, 0.2) is 11.6 Å². The lowest BCUT2D eigenvalue weighted by Gasteiger charge is -2.08. The standard InChI is InChI=1S/C7H12ClNO2/c1-3-11-7(10)6(9)4-5(2)8/h6H,2-4,9H2,1H3/t6-/m0/s1. The van der Waals surface area contributed by atoms with Gasteiger partial charge in [-0.15, -0.1) is 0 Å². The minimum absolute atomic E-state index is 0.264. The summed E-state index contributed by atoms with van der Waals surface area (Å²) in [6.07, 6.45) is 0.264. The highest BCUT2D eigenvalue weighted by molar-refractivity contribution is 6.29. The number of hydrogen-bond donors (Lipinski definition) is 1. The third-order valence-electron chi connectivity index (χ3n) is 1.03. The maximum atomic E-state index is 10.8. The Hall–Kier alpha value is -0.540. The maximum Gasteiger partial charge on any atom is 0.323 e. The Balaban J connectivity index is 3.73. The van der Waals surface area contributed by atoms with Crippen molar-refractivity contribution >= 4 is 17.6 Å². The lowest BCUT2D eigenvalue weighted by molar-refractivity contribution is -0.144. The van der Waals surface area contributed by atoms with Crippen LogP contribution in [0.5, 0.6) is 0 Å². The summed E-state index contributed by atoms with van der Waals surface area (Å²) < 4.78 is 4.64. The van der Waals surface area contributed by atoms with Gasteiger partial charge >= 0.3 is 5.97 Å². The molecule has 0 heterocycles. The first-order valence-electron chi connectivity index (χ1n) is 3.33. The monoisotopic (exact) mass is 177 g/mol. The second kappa shape index (κ2) is 5.16. The highest BCUT2D eigenvalue weighted by Crippen LogP contribution is 2.06. The molecule has 11 heavy (non-hydrogen) atoms. The Kier molecular flexibility index (Phi) is 4.90. The van der Waals surface area contributed by atoms with E-state index in [0.29, 0.717) is 11.6 Å². The minimum Gasteiger partial charge on any atom is -0.465 e. The van der Waals surface area contributed by atoms with Crippen LogP contribution in [0.3, 0.4) is 0 Å². The fraction of sp³-hybridized carbons (Fsp3) is 0.571. The van der Waals surface area contributed by atoms with Crippen molar-refractivity contribution in [1.29, 1.82) is 0 Å². The van der Waals surface area contributed by atoms with Crippen LogP contribution in [0.2, 0.25) is 0 Å². The molecule has 0 aliphatic carbocycles. The van der Waals surface area contributed by atoms with Gasteiger partial charge in [0.2, 0.25) is 0 Å². The second-order valence-electron chi connectivity index (χ2n) is 2.08. The molecule has 4 heteroatoms. The van der Waals surface area contributed by atoms with E-state index in [2.05, 4.69) is 11.3 Å². The lowest BCUT2D eigenvalue weighted by atomic mass is 10.2. The molecule has 0 aliphatic rings. The highest BCUT2D eigenvalue weighted by atomic mass is 35.5. The zero-order valence-corrected chi connectivity index (χ0v) is 7.23. The number of carbonyl (C=O) groups excluding carboxylic acids is 1. The van der Waals surface area contributed by atoms with Gasteiger partial charge in [-0.1, -0.05) is 18.2 Å². The van der Waals surface area contributed by atoms with Crippen LogP contribution >= 0.6 is 11.6 Å². The summed E-state index contributed by atoms with van der Waals surface area (Å²) in [7, 11) is 0. The molecule has 0 saturated heterocycles. The Labute approximate surface area is 71.2 Å². The van der Waals surface area contributed by atoms with E-state index in [9.17, 15) is 4.79 Å². The average molecular weight is 178 g/mol. The summed E-state index contributed by atoms with van der Waals surface area (Å²) in [4.78, 5) is 10.8. The molecular formula is C7H12ClNO2. The number of nitrogens with two attached hydrogens (primary N) is 1. The molecule has 0 radical (unpaired) electrons. The van der Waals surface area contributed by atoms with Gasteiger partial charge in [-0.3, -0.25) is 4.79 Å². The van der Waals surface area contributed by atoms with E-state index in [1.807, 2.05) is 0 Å². The normalized spacial score (nSPS) is 12.3. The number of esters is 1. The Morgan fingerprint density at radius 3 is 2.73 bits per heavy atom. The van der Waals surface area contributed by atoms with Gasteiger partial charge in [0, 0.05) is 11.5 Å². The number of carbonyl (C=O) groups is 1. The minimum atomic E-state index is -0.681. The average Bonchev–Trinajstić information content (AvgIpc) is 1.86. The number of hydrogen-bond acceptors (Lipinski definition) is 3. The van der Waals surface area contributed by atoms with Crippen LogP contribution in [0.1, 0.15) is 13.3 Å². The van der Waals surface area contributed by atoms with Crippen molar-refractivity contribution in [2.45, 2.75) is 19.4 Å². The number of rotatable bonds is 4. The molecule has 0 rings (SSSR count). The van der Waals surface area contributed by atoms with E-state index in [-0.39, 0.29) is 6.42 Å². The molecular weight excluding hydrogens is 166 g/mol. The molecule has 0 amide bonds. The third kappa shape index (κ3) is 4.81. The Morgan fingerprint density at radius 2 is 2.36 bits per heavy atom. The molecule has 1 atom stereocenters. The highest BCUT2D eigenvalue weighted by Gasteiger charge is 2.14. The van der Waals surface area contributed by atoms with Crippen LogP contribution in [-0.4, -0.2) is 18.6 Å². The topological polar surface area (TPSA) is 52.3 Å². The van der Waals surface area contributed by atoms with E-state index in [1.165, 1.54) is 0 Å². The fourth-order valence-corrected chi connectivity index (χ4v) is 0.737. The van der Waals surface area contributed by atoms with Crippen LogP contribution in [0.4, 0.5) is 0 Å². The van der Waals surface area contributed by atoms with Gasteiger partial charge in [0.15, 0.2) is 0 Å². The summed E-state index contributed by atoms with van der Waals surface area (Å²) in [5.41, 5.74) is 5.38. The Morgan fingerprint density at radius 1 is 1.82 bits per heavy atom. The molecule has 0 saturated carbocycles. The zero-order valence-electron chi connectivity index (χ0n) is 6.47. The first kappa shape index (κ1) is 10.5. The van der Waals surface area contributed by atoms with Crippen LogP contribution < -0.4 is 5.73 Å². The van der Waals surface area contributed by atoms with Crippen LogP contribution in [0, 0.1) is 0 Å². The van der Waals surface area contributed by atoms with Gasteiger partial charge in [-0.2, -0.15) is 0 Å². The molecule has 3 nitrogen and oxygen atoms in total. The molecule has 0 unspecified atom stereocenters. The molecule has 0 aliphatic heterocycles. The smallest absolute Gasteiger partial charge is 0.323 e. The van der Waals surface area contributed by atoms with Gasteiger partial charge in [0.1, 0.15) is 6.04 Å². The van der Waals surface area contributed by atoms with Crippen molar-refractivity contribution in [1.82, 2.24) is 0 Å². The van der Waals surface area contributed by atoms with Crippen molar-refractivity contribution in [3.8, 4) is 0 Å². The van der Waals surface area contributed by atoms with Crippen LogP contribution in [-0.2, 0) is 9.53 Å². The molecule has 0 aromatic heterocycles. The lowest BCUT2D eigenvalue weighted by Crippen LogP contribution is -2.32. The van der Waals surface area contributed by atoms with Gasteiger partial charge < -0.3 is 10.5 Å². The first-order chi connectivity index (χ1) is 5.07. The molecule has 0 fully saturated rings. The predicted octanol–water partition coefficient (Wildman–Crippen LogP) is 1.02. The number of halogens is 1. The third-order valence-corrected chi connectivity index (χ3v) is 1.19. The van der Waals surface area contributed by atoms with Gasteiger partial charge in [-0.25, -0.2) is 0 Å². The molecule has 0 aromatic carbocycles. The summed E-state index contributed by atoms with van der Waals surface area (Å²) in [5.74, 6) is -0.436. The van der Waals surface area contributed by atoms with Crippen molar-refractivity contribution in [2.24, 2.45) is 5.73 Å². The SMILES string of the molecule is C=C(Cl)C[C@H](N)C(=O)OCC. The Bertz CT molecular complexity index is 159. The van der Waals surface area contributed by atoms with Crippen molar-refractivity contribution in [3.05, 3.63) is 11.6 Å². The molecule has 0 aromatic rings. The molecule has 0 spiro atoms. The largest absolute Gasteiger partial charge is 0.465 e. The van der Waals surface area contributed by atoms with Crippen LogP contribution in [0.25, 0.3) is 0 Å². The van der Waals surface area contributed by atoms with E-state index in [0.717, 1.165) is 0 Å². The van der Waals surface area contributed by atoms with Crippen molar-refractivity contribution in [3.63, 3.8) is 0 Å². The van der Waals surface area contributed by atoms with E-state index >= 15 is 0 Å². The summed E-state index contributed by atoms with van der Waals surface area (Å²) in [5, 5.41) is 0.366. The molecule has 2 N–H and O–H groups in total. The zero-order chi connectivity index (χ0) is 8.85. The summed E-state index contributed by atoms with van der Waals surface area (Å²) >= 11 is 5.43. The summed E-state index contributed by atoms with van der Waals surface area (Å²) in [6.45, 7) is 5.47. The van der Waals surface area contributed by atoms with E-state index < -0.39 is 12.0 Å². The summed E-state index contributed by atoms with van der Waals surface area (Å²) in [6, 6.07) is -0.681. The fourth-order valence-electron chi connectivity index (χ4n) is 0.571. The first-order valence-corrected chi connectivity index (χ1v) is 3.71. The van der Waals surface area contributed by atoms with E-state index in [1.54, 1.807) is 6.92 Å². The maximum absolute atomic E-state index is 10.8.